The number of ether oxygens (including phenoxy) is 4. The lowest BCUT2D eigenvalue weighted by molar-refractivity contribution is -0.118. The van der Waals surface area contributed by atoms with Crippen LogP contribution in [0, 0.1) is 0 Å². The fourth-order valence-corrected chi connectivity index (χ4v) is 4.03. The number of anilines is 1. The average Bonchev–Trinajstić information content (AvgIpc) is 2.82. The molecule has 160 valence electrons. The Balaban J connectivity index is 1.90. The standard InChI is InChI=1S/C25H25NO5/c1-28-19-9-5-16(6-10-19)25-21-15-23(31-4)22(30-3)13-17(21)14-24(27)26(25)18-7-11-20(29-2)12-8-18/h5-13,15,25H,14H2,1-4H3/t25-/m1/s1. The first-order valence-corrected chi connectivity index (χ1v) is 9.94. The number of methoxy groups -OCH3 is 4. The van der Waals surface area contributed by atoms with Crippen molar-refractivity contribution in [2.24, 2.45) is 0 Å². The van der Waals surface area contributed by atoms with Gasteiger partial charge in [-0.1, -0.05) is 12.1 Å². The van der Waals surface area contributed by atoms with Crippen LogP contribution in [0.25, 0.3) is 0 Å². The molecule has 1 aliphatic heterocycles. The van der Waals surface area contributed by atoms with E-state index in [1.807, 2.05) is 65.6 Å². The number of fused-ring (bicyclic) bond motifs is 1. The molecule has 0 aromatic heterocycles. The third-order valence-corrected chi connectivity index (χ3v) is 5.59. The van der Waals surface area contributed by atoms with Gasteiger partial charge in [-0.2, -0.15) is 0 Å². The number of hydrogen-bond donors (Lipinski definition) is 0. The summed E-state index contributed by atoms with van der Waals surface area (Å²) in [4.78, 5) is 15.2. The molecule has 0 unspecified atom stereocenters. The summed E-state index contributed by atoms with van der Waals surface area (Å²) in [6.07, 6.45) is 0.272. The molecule has 4 rings (SSSR count). The summed E-state index contributed by atoms with van der Waals surface area (Å²) in [5, 5.41) is 0. The van der Waals surface area contributed by atoms with Gasteiger partial charge in [-0.25, -0.2) is 0 Å². The van der Waals surface area contributed by atoms with Crippen LogP contribution in [0.15, 0.2) is 60.7 Å². The maximum Gasteiger partial charge on any atom is 0.232 e. The second-order valence-corrected chi connectivity index (χ2v) is 7.22. The third-order valence-electron chi connectivity index (χ3n) is 5.59. The topological polar surface area (TPSA) is 57.2 Å². The van der Waals surface area contributed by atoms with Crippen LogP contribution in [0.2, 0.25) is 0 Å². The first-order valence-electron chi connectivity index (χ1n) is 9.94. The quantitative estimate of drug-likeness (QED) is 0.593. The SMILES string of the molecule is COc1ccc([C@@H]2c3cc(OC)c(OC)cc3CC(=O)N2c2ccc(OC)cc2)cc1. The van der Waals surface area contributed by atoms with Gasteiger partial charge in [0.2, 0.25) is 5.91 Å². The van der Waals surface area contributed by atoms with E-state index in [4.69, 9.17) is 18.9 Å². The molecule has 0 radical (unpaired) electrons. The van der Waals surface area contributed by atoms with Crippen molar-refractivity contribution in [2.75, 3.05) is 33.3 Å². The number of amides is 1. The van der Waals surface area contributed by atoms with Gasteiger partial charge in [-0.05, 0) is 65.2 Å². The lowest BCUT2D eigenvalue weighted by Gasteiger charge is -2.38. The monoisotopic (exact) mass is 419 g/mol. The van der Waals surface area contributed by atoms with Crippen molar-refractivity contribution in [3.8, 4) is 23.0 Å². The fourth-order valence-electron chi connectivity index (χ4n) is 4.03. The van der Waals surface area contributed by atoms with Gasteiger partial charge >= 0.3 is 0 Å². The van der Waals surface area contributed by atoms with E-state index < -0.39 is 0 Å². The molecule has 0 saturated heterocycles. The van der Waals surface area contributed by atoms with Gasteiger partial charge in [-0.15, -0.1) is 0 Å². The number of nitrogens with zero attached hydrogens (tertiary/aromatic N) is 1. The zero-order valence-electron chi connectivity index (χ0n) is 18.0. The Labute approximate surface area is 181 Å². The highest BCUT2D eigenvalue weighted by Crippen LogP contribution is 2.43. The number of hydrogen-bond acceptors (Lipinski definition) is 5. The molecular formula is C25H25NO5. The summed E-state index contributed by atoms with van der Waals surface area (Å²) in [6, 6.07) is 18.8. The Morgan fingerprint density at radius 1 is 0.742 bits per heavy atom. The minimum Gasteiger partial charge on any atom is -0.497 e. The first-order chi connectivity index (χ1) is 15.1. The largest absolute Gasteiger partial charge is 0.497 e. The number of benzene rings is 3. The minimum absolute atomic E-state index is 0.00528. The van der Waals surface area contributed by atoms with Crippen molar-refractivity contribution in [1.82, 2.24) is 0 Å². The van der Waals surface area contributed by atoms with Crippen LogP contribution >= 0.6 is 0 Å². The normalized spacial score (nSPS) is 15.3. The van der Waals surface area contributed by atoms with Crippen molar-refractivity contribution < 1.29 is 23.7 Å². The average molecular weight is 419 g/mol. The highest BCUT2D eigenvalue weighted by molar-refractivity contribution is 5.98. The van der Waals surface area contributed by atoms with Gasteiger partial charge in [0.1, 0.15) is 11.5 Å². The third kappa shape index (κ3) is 3.77. The Morgan fingerprint density at radius 2 is 1.29 bits per heavy atom. The Hall–Kier alpha value is -3.67. The van der Waals surface area contributed by atoms with Crippen molar-refractivity contribution in [3.05, 3.63) is 77.4 Å². The maximum atomic E-state index is 13.4. The summed E-state index contributed by atoms with van der Waals surface area (Å²) in [6.45, 7) is 0. The lowest BCUT2D eigenvalue weighted by Crippen LogP contribution is -2.41. The fraction of sp³-hybridized carbons (Fsp3) is 0.240. The van der Waals surface area contributed by atoms with Crippen LogP contribution in [0.4, 0.5) is 5.69 Å². The van der Waals surface area contributed by atoms with Crippen molar-refractivity contribution in [2.45, 2.75) is 12.5 Å². The first kappa shape index (κ1) is 20.6. The Morgan fingerprint density at radius 3 is 1.84 bits per heavy atom. The van der Waals surface area contributed by atoms with Crippen molar-refractivity contribution in [3.63, 3.8) is 0 Å². The molecule has 0 fully saturated rings. The molecule has 1 aliphatic rings. The van der Waals surface area contributed by atoms with Crippen LogP contribution in [0.3, 0.4) is 0 Å². The Kier molecular flexibility index (Phi) is 5.71. The second-order valence-electron chi connectivity index (χ2n) is 7.22. The van der Waals surface area contributed by atoms with E-state index in [1.165, 1.54) is 0 Å². The highest BCUT2D eigenvalue weighted by atomic mass is 16.5. The molecule has 1 heterocycles. The van der Waals surface area contributed by atoms with Gasteiger partial charge in [0.05, 0.1) is 40.9 Å². The molecule has 3 aromatic carbocycles. The molecule has 31 heavy (non-hydrogen) atoms. The molecule has 0 N–H and O–H groups in total. The summed E-state index contributed by atoms with van der Waals surface area (Å²) in [5.41, 5.74) is 3.69. The van der Waals surface area contributed by atoms with Crippen LogP contribution in [-0.2, 0) is 11.2 Å². The zero-order valence-corrected chi connectivity index (χ0v) is 18.0. The molecule has 0 saturated carbocycles. The van der Waals surface area contributed by atoms with E-state index in [9.17, 15) is 4.79 Å². The van der Waals surface area contributed by atoms with E-state index >= 15 is 0 Å². The summed E-state index contributed by atoms with van der Waals surface area (Å²) < 4.78 is 21.6. The molecule has 1 atom stereocenters. The lowest BCUT2D eigenvalue weighted by atomic mass is 9.86. The predicted molar refractivity (Wildman–Crippen MR) is 119 cm³/mol. The van der Waals surface area contributed by atoms with Crippen molar-refractivity contribution >= 4 is 11.6 Å². The smallest absolute Gasteiger partial charge is 0.232 e. The van der Waals surface area contributed by atoms with E-state index in [0.717, 1.165) is 33.9 Å². The van der Waals surface area contributed by atoms with E-state index in [-0.39, 0.29) is 18.4 Å². The predicted octanol–water partition coefficient (Wildman–Crippen LogP) is 4.40. The Bertz CT molecular complexity index is 1080. The summed E-state index contributed by atoms with van der Waals surface area (Å²) in [5.74, 6) is 2.74. The van der Waals surface area contributed by atoms with Crippen molar-refractivity contribution in [1.29, 1.82) is 0 Å². The molecule has 3 aromatic rings. The molecular weight excluding hydrogens is 394 g/mol. The van der Waals surface area contributed by atoms with Gasteiger partial charge in [-0.3, -0.25) is 4.79 Å². The molecule has 6 heteroatoms. The van der Waals surface area contributed by atoms with Gasteiger partial charge in [0, 0.05) is 5.69 Å². The highest BCUT2D eigenvalue weighted by Gasteiger charge is 2.36. The maximum absolute atomic E-state index is 13.4. The van der Waals surface area contributed by atoms with E-state index in [1.54, 1.807) is 28.4 Å². The van der Waals surface area contributed by atoms with Gasteiger partial charge in [0.25, 0.3) is 0 Å². The molecule has 1 amide bonds. The van der Waals surface area contributed by atoms with Crippen LogP contribution in [0.5, 0.6) is 23.0 Å². The number of rotatable bonds is 6. The molecule has 0 spiro atoms. The molecule has 0 aliphatic carbocycles. The van der Waals surface area contributed by atoms with E-state index in [0.29, 0.717) is 11.5 Å². The minimum atomic E-state index is -0.324. The zero-order chi connectivity index (χ0) is 22.0. The van der Waals surface area contributed by atoms with Gasteiger partial charge in [0.15, 0.2) is 11.5 Å². The van der Waals surface area contributed by atoms with Crippen LogP contribution in [-0.4, -0.2) is 34.3 Å². The summed E-state index contributed by atoms with van der Waals surface area (Å²) in [7, 11) is 6.47. The second kappa shape index (κ2) is 8.60. The van der Waals surface area contributed by atoms with Crippen LogP contribution < -0.4 is 23.8 Å². The molecule has 6 nitrogen and oxygen atoms in total. The summed E-state index contributed by atoms with van der Waals surface area (Å²) >= 11 is 0. The number of carbonyl (C=O) groups is 1. The van der Waals surface area contributed by atoms with E-state index in [2.05, 4.69) is 0 Å². The van der Waals surface area contributed by atoms with Gasteiger partial charge < -0.3 is 23.8 Å². The number of carbonyl (C=O) groups excluding carboxylic acids is 1. The molecule has 0 bridgehead atoms. The van der Waals surface area contributed by atoms with Crippen LogP contribution in [0.1, 0.15) is 22.7 Å².